The maximum atomic E-state index is 5.52. The van der Waals surface area contributed by atoms with Crippen LogP contribution in [0.5, 0.6) is 0 Å². The molecule has 1 aromatic heterocycles. The number of anilines is 1. The second kappa shape index (κ2) is 6.66. The minimum atomic E-state index is 0.317. The van der Waals surface area contributed by atoms with Gasteiger partial charge in [-0.25, -0.2) is 4.98 Å². The second-order valence-electron chi connectivity index (χ2n) is 4.74. The molecule has 1 atom stereocenters. The van der Waals surface area contributed by atoms with Crippen LogP contribution < -0.4 is 5.32 Å². The van der Waals surface area contributed by atoms with Crippen LogP contribution in [0.25, 0.3) is 0 Å². The molecular formula is C13H22N4O. The van der Waals surface area contributed by atoms with Crippen LogP contribution in [-0.4, -0.2) is 47.2 Å². The van der Waals surface area contributed by atoms with Gasteiger partial charge in [-0.15, -0.1) is 0 Å². The molecule has 5 heteroatoms. The fourth-order valence-corrected chi connectivity index (χ4v) is 2.04. The Kier molecular flexibility index (Phi) is 4.90. The zero-order valence-corrected chi connectivity index (χ0v) is 11.2. The summed E-state index contributed by atoms with van der Waals surface area (Å²) in [6.45, 7) is 8.79. The van der Waals surface area contributed by atoms with Gasteiger partial charge in [0, 0.05) is 26.2 Å². The van der Waals surface area contributed by atoms with Crippen LogP contribution in [0.15, 0.2) is 12.4 Å². The lowest BCUT2D eigenvalue weighted by molar-refractivity contribution is -0.0216. The molecule has 1 saturated heterocycles. The van der Waals surface area contributed by atoms with Gasteiger partial charge in [-0.3, -0.25) is 9.88 Å². The van der Waals surface area contributed by atoms with Crippen LogP contribution in [0.4, 0.5) is 5.82 Å². The van der Waals surface area contributed by atoms with Gasteiger partial charge in [0.25, 0.3) is 0 Å². The standard InChI is InChI=1S/C13H22N4O/c1-3-4-14-13-8-15-12(7-16-13)10-17-5-6-18-11(2)9-17/h7-8,11H,3-6,9-10H2,1-2H3,(H,14,16). The third kappa shape index (κ3) is 3.92. The summed E-state index contributed by atoms with van der Waals surface area (Å²) in [6, 6.07) is 0. The van der Waals surface area contributed by atoms with E-state index in [2.05, 4.69) is 34.0 Å². The predicted octanol–water partition coefficient (Wildman–Crippen LogP) is 1.52. The van der Waals surface area contributed by atoms with Gasteiger partial charge in [-0.2, -0.15) is 0 Å². The summed E-state index contributed by atoms with van der Waals surface area (Å²) in [5, 5.41) is 3.23. The number of aromatic nitrogens is 2. The average molecular weight is 250 g/mol. The SMILES string of the molecule is CCCNc1cnc(CN2CCOC(C)C2)cn1. The Bertz CT molecular complexity index is 355. The molecule has 0 amide bonds. The van der Waals surface area contributed by atoms with Crippen LogP contribution in [0.2, 0.25) is 0 Å². The smallest absolute Gasteiger partial charge is 0.144 e. The van der Waals surface area contributed by atoms with Crippen LogP contribution >= 0.6 is 0 Å². The van der Waals surface area contributed by atoms with E-state index >= 15 is 0 Å². The highest BCUT2D eigenvalue weighted by atomic mass is 16.5. The predicted molar refractivity (Wildman–Crippen MR) is 71.5 cm³/mol. The highest BCUT2D eigenvalue weighted by molar-refractivity contribution is 5.30. The number of nitrogens with zero attached hydrogens (tertiary/aromatic N) is 3. The number of nitrogens with one attached hydrogen (secondary N) is 1. The lowest BCUT2D eigenvalue weighted by Crippen LogP contribution is -2.40. The molecule has 2 heterocycles. The lowest BCUT2D eigenvalue weighted by atomic mass is 10.3. The fraction of sp³-hybridized carbons (Fsp3) is 0.692. The van der Waals surface area contributed by atoms with Gasteiger partial charge in [0.15, 0.2) is 0 Å². The number of hydrogen-bond acceptors (Lipinski definition) is 5. The van der Waals surface area contributed by atoms with E-state index in [1.54, 1.807) is 0 Å². The van der Waals surface area contributed by atoms with Gasteiger partial charge in [0.2, 0.25) is 0 Å². The molecule has 100 valence electrons. The summed E-state index contributed by atoms with van der Waals surface area (Å²) >= 11 is 0. The molecule has 5 nitrogen and oxygen atoms in total. The number of hydrogen-bond donors (Lipinski definition) is 1. The van der Waals surface area contributed by atoms with Crippen LogP contribution in [0.1, 0.15) is 26.0 Å². The minimum Gasteiger partial charge on any atom is -0.376 e. The zero-order valence-electron chi connectivity index (χ0n) is 11.2. The van der Waals surface area contributed by atoms with E-state index in [0.29, 0.717) is 6.10 Å². The average Bonchev–Trinajstić information content (AvgIpc) is 2.38. The second-order valence-corrected chi connectivity index (χ2v) is 4.74. The summed E-state index contributed by atoms with van der Waals surface area (Å²) in [6.07, 6.45) is 5.08. The first-order chi connectivity index (χ1) is 8.78. The third-order valence-electron chi connectivity index (χ3n) is 2.97. The highest BCUT2D eigenvalue weighted by Crippen LogP contribution is 2.09. The summed E-state index contributed by atoms with van der Waals surface area (Å²) in [5.41, 5.74) is 1.02. The molecule has 1 aliphatic rings. The largest absolute Gasteiger partial charge is 0.376 e. The summed E-state index contributed by atoms with van der Waals surface area (Å²) in [7, 11) is 0. The Morgan fingerprint density at radius 3 is 3.00 bits per heavy atom. The van der Waals surface area contributed by atoms with E-state index in [4.69, 9.17) is 4.74 Å². The van der Waals surface area contributed by atoms with Gasteiger partial charge < -0.3 is 10.1 Å². The quantitative estimate of drug-likeness (QED) is 0.858. The molecule has 0 spiro atoms. The van der Waals surface area contributed by atoms with Crippen LogP contribution in [-0.2, 0) is 11.3 Å². The Morgan fingerprint density at radius 1 is 1.44 bits per heavy atom. The van der Waals surface area contributed by atoms with Gasteiger partial charge in [-0.05, 0) is 13.3 Å². The van der Waals surface area contributed by atoms with Crippen molar-refractivity contribution in [1.29, 1.82) is 0 Å². The van der Waals surface area contributed by atoms with E-state index in [1.807, 2.05) is 12.4 Å². The maximum absolute atomic E-state index is 5.52. The summed E-state index contributed by atoms with van der Waals surface area (Å²) in [5.74, 6) is 0.857. The molecule has 0 radical (unpaired) electrons. The van der Waals surface area contributed by atoms with E-state index in [1.165, 1.54) is 0 Å². The third-order valence-corrected chi connectivity index (χ3v) is 2.97. The Hall–Kier alpha value is -1.20. The van der Waals surface area contributed by atoms with Crippen molar-refractivity contribution in [2.24, 2.45) is 0 Å². The first-order valence-corrected chi connectivity index (χ1v) is 6.66. The van der Waals surface area contributed by atoms with E-state index < -0.39 is 0 Å². The molecule has 2 rings (SSSR count). The van der Waals surface area contributed by atoms with E-state index in [0.717, 1.165) is 50.7 Å². The van der Waals surface area contributed by atoms with Crippen LogP contribution in [0, 0.1) is 0 Å². The van der Waals surface area contributed by atoms with Crippen molar-refractivity contribution in [2.75, 3.05) is 31.6 Å². The molecule has 1 N–H and O–H groups in total. The molecule has 1 aliphatic heterocycles. The van der Waals surface area contributed by atoms with Crippen molar-refractivity contribution in [3.05, 3.63) is 18.1 Å². The zero-order chi connectivity index (χ0) is 12.8. The fourth-order valence-electron chi connectivity index (χ4n) is 2.04. The van der Waals surface area contributed by atoms with Crippen LogP contribution in [0.3, 0.4) is 0 Å². The topological polar surface area (TPSA) is 50.3 Å². The molecular weight excluding hydrogens is 228 g/mol. The summed E-state index contributed by atoms with van der Waals surface area (Å²) in [4.78, 5) is 11.2. The first-order valence-electron chi connectivity index (χ1n) is 6.66. The molecule has 0 aromatic carbocycles. The Labute approximate surface area is 109 Å². The molecule has 1 unspecified atom stereocenters. The van der Waals surface area contributed by atoms with Crippen molar-refractivity contribution >= 4 is 5.82 Å². The van der Waals surface area contributed by atoms with Crippen molar-refractivity contribution < 1.29 is 4.74 Å². The highest BCUT2D eigenvalue weighted by Gasteiger charge is 2.16. The van der Waals surface area contributed by atoms with Gasteiger partial charge in [-0.1, -0.05) is 6.92 Å². The first kappa shape index (κ1) is 13.2. The maximum Gasteiger partial charge on any atom is 0.144 e. The number of rotatable bonds is 5. The monoisotopic (exact) mass is 250 g/mol. The van der Waals surface area contributed by atoms with Gasteiger partial charge in [0.1, 0.15) is 5.82 Å². The molecule has 0 bridgehead atoms. The minimum absolute atomic E-state index is 0.317. The van der Waals surface area contributed by atoms with E-state index in [9.17, 15) is 0 Å². The number of morpholine rings is 1. The van der Waals surface area contributed by atoms with E-state index in [-0.39, 0.29) is 0 Å². The molecule has 1 aromatic rings. The van der Waals surface area contributed by atoms with Crippen molar-refractivity contribution in [3.8, 4) is 0 Å². The Balaban J connectivity index is 1.85. The molecule has 18 heavy (non-hydrogen) atoms. The molecule has 1 fully saturated rings. The molecule has 0 saturated carbocycles. The van der Waals surface area contributed by atoms with Crippen molar-refractivity contribution in [3.63, 3.8) is 0 Å². The van der Waals surface area contributed by atoms with Crippen molar-refractivity contribution in [1.82, 2.24) is 14.9 Å². The Morgan fingerprint density at radius 2 is 2.33 bits per heavy atom. The molecule has 0 aliphatic carbocycles. The van der Waals surface area contributed by atoms with Gasteiger partial charge in [0.05, 0.1) is 30.8 Å². The normalized spacial score (nSPS) is 20.9. The van der Waals surface area contributed by atoms with Gasteiger partial charge >= 0.3 is 0 Å². The number of ether oxygens (including phenoxy) is 1. The van der Waals surface area contributed by atoms with Crippen molar-refractivity contribution in [2.45, 2.75) is 32.9 Å². The lowest BCUT2D eigenvalue weighted by Gasteiger charge is -2.30. The summed E-state index contributed by atoms with van der Waals surface area (Å²) < 4.78 is 5.52.